The largest absolute Gasteiger partial charge is 0.476 e. The van der Waals surface area contributed by atoms with E-state index in [1.165, 1.54) is 28.3 Å². The van der Waals surface area contributed by atoms with Crippen LogP contribution in [0.1, 0.15) is 52.5 Å². The number of rotatable bonds is 7. The Morgan fingerprint density at radius 3 is 2.68 bits per heavy atom. The molecule has 0 aliphatic heterocycles. The summed E-state index contributed by atoms with van der Waals surface area (Å²) in [5.41, 5.74) is 0.173. The molecule has 1 unspecified atom stereocenters. The van der Waals surface area contributed by atoms with Crippen molar-refractivity contribution in [2.24, 2.45) is 0 Å². The lowest BCUT2D eigenvalue weighted by atomic mass is 10.2. The number of amides is 1. The van der Waals surface area contributed by atoms with E-state index in [0.717, 1.165) is 11.3 Å². The summed E-state index contributed by atoms with van der Waals surface area (Å²) in [7, 11) is 0. The summed E-state index contributed by atoms with van der Waals surface area (Å²) >= 11 is 1.31. The smallest absolute Gasteiger partial charge is 0.356 e. The second-order valence-corrected chi connectivity index (χ2v) is 6.32. The highest BCUT2D eigenvalue weighted by atomic mass is 32.1. The molecule has 2 heterocycles. The molecule has 0 spiro atoms. The number of nitrogens with zero attached hydrogens (tertiary/aromatic N) is 2. The number of carboxylic acid groups (broad SMARTS) is 1. The number of anilines is 1. The lowest BCUT2D eigenvalue weighted by Crippen LogP contribution is -2.24. The molecular formula is C16H19N3O5S. The van der Waals surface area contributed by atoms with Gasteiger partial charge in [0.15, 0.2) is 5.69 Å². The van der Waals surface area contributed by atoms with E-state index in [2.05, 4.69) is 10.4 Å². The molecule has 0 radical (unpaired) electrons. The van der Waals surface area contributed by atoms with Gasteiger partial charge >= 0.3 is 11.9 Å². The highest BCUT2D eigenvalue weighted by Crippen LogP contribution is 2.30. The van der Waals surface area contributed by atoms with Crippen molar-refractivity contribution < 1.29 is 24.2 Å². The molecule has 0 aliphatic carbocycles. The second-order valence-electron chi connectivity index (χ2n) is 5.18. The van der Waals surface area contributed by atoms with Gasteiger partial charge in [0.05, 0.1) is 12.2 Å². The molecule has 2 N–H and O–H groups in total. The van der Waals surface area contributed by atoms with Crippen molar-refractivity contribution in [1.29, 1.82) is 0 Å². The van der Waals surface area contributed by atoms with Crippen LogP contribution in [0.5, 0.6) is 0 Å². The van der Waals surface area contributed by atoms with Crippen molar-refractivity contribution in [1.82, 2.24) is 9.78 Å². The highest BCUT2D eigenvalue weighted by Gasteiger charge is 2.22. The zero-order chi connectivity index (χ0) is 18.6. The maximum Gasteiger partial charge on any atom is 0.356 e. The number of nitrogens with one attached hydrogen (secondary N) is 1. The zero-order valence-electron chi connectivity index (χ0n) is 14.1. The Morgan fingerprint density at radius 2 is 2.12 bits per heavy atom. The van der Waals surface area contributed by atoms with Crippen LogP contribution in [0.25, 0.3) is 0 Å². The average Bonchev–Trinajstić information content (AvgIpc) is 3.21. The molecule has 8 nitrogen and oxygen atoms in total. The van der Waals surface area contributed by atoms with Gasteiger partial charge in [-0.05, 0) is 32.4 Å². The monoisotopic (exact) mass is 365 g/mol. The van der Waals surface area contributed by atoms with E-state index < -0.39 is 23.9 Å². The first-order valence-electron chi connectivity index (χ1n) is 7.76. The minimum atomic E-state index is -1.17. The van der Waals surface area contributed by atoms with Crippen LogP contribution < -0.4 is 5.32 Å². The third kappa shape index (κ3) is 4.24. The molecule has 25 heavy (non-hydrogen) atoms. The van der Waals surface area contributed by atoms with Gasteiger partial charge in [-0.1, -0.05) is 6.92 Å². The van der Waals surface area contributed by atoms with Gasteiger partial charge in [-0.25, -0.2) is 9.59 Å². The van der Waals surface area contributed by atoms with Gasteiger partial charge in [-0.15, -0.1) is 11.3 Å². The van der Waals surface area contributed by atoms with Crippen LogP contribution in [-0.2, 0) is 16.0 Å². The summed E-state index contributed by atoms with van der Waals surface area (Å²) < 4.78 is 6.28. The fourth-order valence-electron chi connectivity index (χ4n) is 2.07. The molecule has 1 amide bonds. The molecule has 2 aromatic heterocycles. The van der Waals surface area contributed by atoms with Crippen molar-refractivity contribution in [3.63, 3.8) is 0 Å². The molecule has 2 rings (SSSR count). The molecule has 0 aromatic carbocycles. The van der Waals surface area contributed by atoms with Crippen LogP contribution in [-0.4, -0.2) is 39.3 Å². The van der Waals surface area contributed by atoms with Crippen LogP contribution in [0.3, 0.4) is 0 Å². The zero-order valence-corrected chi connectivity index (χ0v) is 14.9. The Labute approximate surface area is 148 Å². The van der Waals surface area contributed by atoms with Crippen LogP contribution in [0.4, 0.5) is 5.00 Å². The SMILES string of the molecule is CCOC(=O)c1cc(CC)sc1NC(=O)C(C)n1ccc(C(=O)O)n1. The maximum atomic E-state index is 12.5. The Morgan fingerprint density at radius 1 is 1.40 bits per heavy atom. The molecule has 9 heteroatoms. The fraction of sp³-hybridized carbons (Fsp3) is 0.375. The normalized spacial score (nSPS) is 11.8. The summed E-state index contributed by atoms with van der Waals surface area (Å²) in [6, 6.07) is 2.28. The van der Waals surface area contributed by atoms with E-state index in [4.69, 9.17) is 9.84 Å². The third-order valence-corrected chi connectivity index (χ3v) is 4.66. The first kappa shape index (κ1) is 18.7. The van der Waals surface area contributed by atoms with Gasteiger partial charge in [0.2, 0.25) is 5.91 Å². The number of aromatic carboxylic acids is 1. The van der Waals surface area contributed by atoms with Crippen molar-refractivity contribution in [3.8, 4) is 0 Å². The Kier molecular flexibility index (Phi) is 5.92. The summed E-state index contributed by atoms with van der Waals surface area (Å²) in [6.45, 7) is 5.49. The van der Waals surface area contributed by atoms with Gasteiger partial charge in [-0.2, -0.15) is 5.10 Å². The number of ether oxygens (including phenoxy) is 1. The molecule has 1 atom stereocenters. The van der Waals surface area contributed by atoms with E-state index in [1.54, 1.807) is 19.9 Å². The van der Waals surface area contributed by atoms with E-state index >= 15 is 0 Å². The van der Waals surface area contributed by atoms with Crippen LogP contribution >= 0.6 is 11.3 Å². The predicted octanol–water partition coefficient (Wildman–Crippen LogP) is 2.58. The highest BCUT2D eigenvalue weighted by molar-refractivity contribution is 7.16. The maximum absolute atomic E-state index is 12.5. The summed E-state index contributed by atoms with van der Waals surface area (Å²) in [5, 5.41) is 15.9. The summed E-state index contributed by atoms with van der Waals surface area (Å²) in [5.74, 6) is -2.06. The van der Waals surface area contributed by atoms with Crippen LogP contribution in [0.2, 0.25) is 0 Å². The quantitative estimate of drug-likeness (QED) is 0.730. The topological polar surface area (TPSA) is 111 Å². The van der Waals surface area contributed by atoms with Gasteiger partial charge in [-0.3, -0.25) is 9.48 Å². The number of aromatic nitrogens is 2. The number of hydrogen-bond donors (Lipinski definition) is 2. The van der Waals surface area contributed by atoms with Crippen molar-refractivity contribution in [3.05, 3.63) is 34.5 Å². The average molecular weight is 365 g/mol. The van der Waals surface area contributed by atoms with Gasteiger partial charge in [0.1, 0.15) is 11.0 Å². The van der Waals surface area contributed by atoms with E-state index in [-0.39, 0.29) is 12.3 Å². The molecule has 134 valence electrons. The van der Waals surface area contributed by atoms with Crippen LogP contribution in [0, 0.1) is 0 Å². The Bertz CT molecular complexity index is 796. The number of esters is 1. The first-order chi connectivity index (χ1) is 11.9. The number of thiophene rings is 1. The van der Waals surface area contributed by atoms with E-state index in [9.17, 15) is 14.4 Å². The molecule has 0 aliphatic rings. The molecule has 0 saturated carbocycles. The Balaban J connectivity index is 2.19. The minimum absolute atomic E-state index is 0.142. The second kappa shape index (κ2) is 7.93. The number of carbonyl (C=O) groups excluding carboxylic acids is 2. The van der Waals surface area contributed by atoms with Gasteiger partial charge < -0.3 is 15.2 Å². The molecule has 0 bridgehead atoms. The van der Waals surface area contributed by atoms with Crippen LogP contribution in [0.15, 0.2) is 18.3 Å². The third-order valence-electron chi connectivity index (χ3n) is 3.47. The minimum Gasteiger partial charge on any atom is -0.476 e. The predicted molar refractivity (Wildman–Crippen MR) is 92.2 cm³/mol. The number of hydrogen-bond acceptors (Lipinski definition) is 6. The van der Waals surface area contributed by atoms with Gasteiger partial charge in [0.25, 0.3) is 0 Å². The standard InChI is InChI=1S/C16H19N3O5S/c1-4-10-8-11(16(23)24-5-2)14(25-10)17-13(20)9(3)19-7-6-12(18-19)15(21)22/h6-9H,4-5H2,1-3H3,(H,17,20)(H,21,22). The molecule has 0 saturated heterocycles. The van der Waals surface area contributed by atoms with E-state index in [0.29, 0.717) is 10.6 Å². The number of aryl methyl sites for hydroxylation is 1. The fourth-order valence-corrected chi connectivity index (χ4v) is 3.06. The number of carbonyl (C=O) groups is 3. The van der Waals surface area contributed by atoms with Crippen molar-refractivity contribution in [2.45, 2.75) is 33.2 Å². The summed E-state index contributed by atoms with van der Waals surface area (Å²) in [6.07, 6.45) is 2.15. The molecular weight excluding hydrogens is 346 g/mol. The first-order valence-corrected chi connectivity index (χ1v) is 8.58. The molecule has 0 fully saturated rings. The molecule has 2 aromatic rings. The lowest BCUT2D eigenvalue weighted by Gasteiger charge is -2.12. The van der Waals surface area contributed by atoms with Crippen molar-refractivity contribution in [2.75, 3.05) is 11.9 Å². The van der Waals surface area contributed by atoms with Gasteiger partial charge in [0, 0.05) is 11.1 Å². The number of carboxylic acids is 1. The van der Waals surface area contributed by atoms with Crippen molar-refractivity contribution >= 4 is 34.2 Å². The summed E-state index contributed by atoms with van der Waals surface area (Å²) in [4.78, 5) is 36.3. The lowest BCUT2D eigenvalue weighted by molar-refractivity contribution is -0.119. The van der Waals surface area contributed by atoms with E-state index in [1.807, 2.05) is 6.92 Å². The Hall–Kier alpha value is -2.68.